The Labute approximate surface area is 92.7 Å². The highest BCUT2D eigenvalue weighted by molar-refractivity contribution is 7.89. The second-order valence-electron chi connectivity index (χ2n) is 3.35. The molecule has 2 rings (SSSR count). The van der Waals surface area contributed by atoms with Crippen LogP contribution in [0.15, 0.2) is 35.4 Å². The summed E-state index contributed by atoms with van der Waals surface area (Å²) >= 11 is 0. The van der Waals surface area contributed by atoms with Crippen LogP contribution >= 0.6 is 0 Å². The molecule has 6 nitrogen and oxygen atoms in total. The van der Waals surface area contributed by atoms with Crippen molar-refractivity contribution < 1.29 is 8.42 Å². The third-order valence-corrected chi connectivity index (χ3v) is 3.01. The van der Waals surface area contributed by atoms with Crippen LogP contribution < -0.4 is 5.14 Å². The summed E-state index contributed by atoms with van der Waals surface area (Å²) in [6.07, 6.45) is 1.74. The minimum absolute atomic E-state index is 0.0835. The Balaban J connectivity index is 2.40. The minimum Gasteiger partial charge on any atom is -0.255 e. The summed E-state index contributed by atoms with van der Waals surface area (Å²) < 4.78 is 23.6. The molecule has 0 aliphatic heterocycles. The summed E-state index contributed by atoms with van der Waals surface area (Å²) in [6, 6.07) is 6.17. The fraction of sp³-hybridized carbons (Fsp3) is 0.111. The molecule has 0 atom stereocenters. The van der Waals surface area contributed by atoms with Crippen LogP contribution in [0.25, 0.3) is 11.3 Å². The van der Waals surface area contributed by atoms with Crippen LogP contribution in [-0.2, 0) is 17.1 Å². The molecule has 0 aliphatic rings. The third kappa shape index (κ3) is 2.10. The first-order chi connectivity index (χ1) is 7.47. The average molecular weight is 238 g/mol. The van der Waals surface area contributed by atoms with E-state index in [2.05, 4.69) is 10.3 Å². The number of hydrogen-bond donors (Lipinski definition) is 1. The Morgan fingerprint density at radius 1 is 1.25 bits per heavy atom. The van der Waals surface area contributed by atoms with Crippen molar-refractivity contribution in [3.8, 4) is 11.3 Å². The molecule has 1 aromatic heterocycles. The van der Waals surface area contributed by atoms with E-state index in [0.29, 0.717) is 5.69 Å². The van der Waals surface area contributed by atoms with Crippen molar-refractivity contribution in [2.75, 3.05) is 0 Å². The van der Waals surface area contributed by atoms with E-state index >= 15 is 0 Å². The normalized spacial score (nSPS) is 11.6. The summed E-state index contributed by atoms with van der Waals surface area (Å²) in [5.41, 5.74) is 1.48. The zero-order valence-electron chi connectivity index (χ0n) is 8.53. The molecule has 16 heavy (non-hydrogen) atoms. The highest BCUT2D eigenvalue weighted by atomic mass is 32.2. The molecule has 0 fully saturated rings. The van der Waals surface area contributed by atoms with Gasteiger partial charge in [0.25, 0.3) is 0 Å². The lowest BCUT2D eigenvalue weighted by molar-refractivity contribution is 0.598. The van der Waals surface area contributed by atoms with Gasteiger partial charge in [0, 0.05) is 12.6 Å². The van der Waals surface area contributed by atoms with Crippen molar-refractivity contribution in [2.45, 2.75) is 4.90 Å². The number of rotatable bonds is 2. The van der Waals surface area contributed by atoms with Gasteiger partial charge in [-0.1, -0.05) is 17.3 Å². The SMILES string of the molecule is Cn1cc(-c2ccc(S(N)(=O)=O)cc2)nn1. The standard InChI is InChI=1S/C9H10N4O2S/c1-13-6-9(11-12-13)7-2-4-8(5-3-7)16(10,14)15/h2-6H,1H3,(H2,10,14,15). The van der Waals surface area contributed by atoms with Crippen molar-refractivity contribution in [3.63, 3.8) is 0 Å². The second-order valence-corrected chi connectivity index (χ2v) is 4.91. The Morgan fingerprint density at radius 3 is 2.31 bits per heavy atom. The van der Waals surface area contributed by atoms with E-state index in [1.165, 1.54) is 12.1 Å². The van der Waals surface area contributed by atoms with E-state index in [1.807, 2.05) is 0 Å². The van der Waals surface area contributed by atoms with Gasteiger partial charge < -0.3 is 0 Å². The topological polar surface area (TPSA) is 90.9 Å². The lowest BCUT2D eigenvalue weighted by Gasteiger charge is -1.99. The van der Waals surface area contributed by atoms with Gasteiger partial charge in [0.15, 0.2) is 0 Å². The molecule has 2 aromatic rings. The van der Waals surface area contributed by atoms with E-state index in [-0.39, 0.29) is 4.90 Å². The van der Waals surface area contributed by atoms with Crippen LogP contribution in [-0.4, -0.2) is 23.4 Å². The zero-order chi connectivity index (χ0) is 11.8. The van der Waals surface area contributed by atoms with Gasteiger partial charge in [-0.05, 0) is 12.1 Å². The maximum absolute atomic E-state index is 11.0. The van der Waals surface area contributed by atoms with Gasteiger partial charge in [-0.3, -0.25) is 4.68 Å². The fourth-order valence-electron chi connectivity index (χ4n) is 1.29. The third-order valence-electron chi connectivity index (χ3n) is 2.08. The van der Waals surface area contributed by atoms with Crippen molar-refractivity contribution in [3.05, 3.63) is 30.5 Å². The predicted octanol–water partition coefficient (Wildman–Crippen LogP) is 0.130. The predicted molar refractivity (Wildman–Crippen MR) is 57.8 cm³/mol. The molecule has 0 bridgehead atoms. The lowest BCUT2D eigenvalue weighted by Crippen LogP contribution is -2.11. The zero-order valence-corrected chi connectivity index (χ0v) is 9.35. The highest BCUT2D eigenvalue weighted by Gasteiger charge is 2.08. The number of hydrogen-bond acceptors (Lipinski definition) is 4. The van der Waals surface area contributed by atoms with Crippen LogP contribution in [0.5, 0.6) is 0 Å². The molecule has 7 heteroatoms. The van der Waals surface area contributed by atoms with Crippen LogP contribution in [0.2, 0.25) is 0 Å². The van der Waals surface area contributed by atoms with Gasteiger partial charge in [-0.2, -0.15) is 0 Å². The fourth-order valence-corrected chi connectivity index (χ4v) is 1.81. The monoisotopic (exact) mass is 238 g/mol. The average Bonchev–Trinajstić information content (AvgIpc) is 2.64. The molecule has 0 saturated carbocycles. The molecule has 0 spiro atoms. The van der Waals surface area contributed by atoms with Crippen LogP contribution in [0.1, 0.15) is 0 Å². The Hall–Kier alpha value is -1.73. The molecule has 1 aromatic carbocycles. The number of primary sulfonamides is 1. The second kappa shape index (κ2) is 3.69. The van der Waals surface area contributed by atoms with Gasteiger partial charge in [-0.25, -0.2) is 13.6 Å². The molecule has 0 unspecified atom stereocenters. The van der Waals surface area contributed by atoms with Crippen LogP contribution in [0.3, 0.4) is 0 Å². The quantitative estimate of drug-likeness (QED) is 0.805. The smallest absolute Gasteiger partial charge is 0.238 e. The molecular weight excluding hydrogens is 228 g/mol. The Bertz CT molecular complexity index is 601. The number of nitrogens with zero attached hydrogens (tertiary/aromatic N) is 3. The Morgan fingerprint density at radius 2 is 1.88 bits per heavy atom. The molecule has 2 N–H and O–H groups in total. The van der Waals surface area contributed by atoms with Crippen LogP contribution in [0, 0.1) is 0 Å². The van der Waals surface area contributed by atoms with E-state index in [4.69, 9.17) is 5.14 Å². The van der Waals surface area contributed by atoms with Gasteiger partial charge in [-0.15, -0.1) is 5.10 Å². The molecule has 84 valence electrons. The van der Waals surface area contributed by atoms with Crippen molar-refractivity contribution in [1.82, 2.24) is 15.0 Å². The Kier molecular flexibility index (Phi) is 2.49. The van der Waals surface area contributed by atoms with Crippen molar-refractivity contribution >= 4 is 10.0 Å². The molecule has 1 heterocycles. The summed E-state index contributed by atoms with van der Waals surface area (Å²) in [6.45, 7) is 0. The lowest BCUT2D eigenvalue weighted by atomic mass is 10.2. The largest absolute Gasteiger partial charge is 0.255 e. The van der Waals surface area contributed by atoms with Gasteiger partial charge in [0.2, 0.25) is 10.0 Å². The van der Waals surface area contributed by atoms with Gasteiger partial charge in [0.1, 0.15) is 5.69 Å². The van der Waals surface area contributed by atoms with E-state index in [1.54, 1.807) is 30.1 Å². The van der Waals surface area contributed by atoms with Crippen LogP contribution in [0.4, 0.5) is 0 Å². The molecule has 0 aliphatic carbocycles. The van der Waals surface area contributed by atoms with Crippen molar-refractivity contribution in [1.29, 1.82) is 0 Å². The number of sulfonamides is 1. The van der Waals surface area contributed by atoms with Gasteiger partial charge in [0.05, 0.1) is 11.1 Å². The number of aryl methyl sites for hydroxylation is 1. The number of aromatic nitrogens is 3. The summed E-state index contributed by atoms with van der Waals surface area (Å²) in [4.78, 5) is 0.0835. The first kappa shape index (κ1) is 10.8. The minimum atomic E-state index is -3.64. The molecule has 0 radical (unpaired) electrons. The van der Waals surface area contributed by atoms with E-state index in [0.717, 1.165) is 5.56 Å². The summed E-state index contributed by atoms with van der Waals surface area (Å²) in [7, 11) is -1.88. The molecule has 0 amide bonds. The number of benzene rings is 1. The highest BCUT2D eigenvalue weighted by Crippen LogP contribution is 2.17. The first-order valence-electron chi connectivity index (χ1n) is 4.46. The first-order valence-corrected chi connectivity index (χ1v) is 6.01. The van der Waals surface area contributed by atoms with Gasteiger partial charge >= 0.3 is 0 Å². The van der Waals surface area contributed by atoms with E-state index in [9.17, 15) is 8.42 Å². The maximum Gasteiger partial charge on any atom is 0.238 e. The summed E-state index contributed by atoms with van der Waals surface area (Å²) in [5.74, 6) is 0. The molecule has 0 saturated heterocycles. The van der Waals surface area contributed by atoms with E-state index < -0.39 is 10.0 Å². The summed E-state index contributed by atoms with van der Waals surface area (Å²) in [5, 5.41) is 12.7. The number of nitrogens with two attached hydrogens (primary N) is 1. The molecular formula is C9H10N4O2S. The maximum atomic E-state index is 11.0. The van der Waals surface area contributed by atoms with Crippen molar-refractivity contribution in [2.24, 2.45) is 12.2 Å².